The molecule has 0 radical (unpaired) electrons. The number of aryl methyl sites for hydroxylation is 1. The van der Waals surface area contributed by atoms with E-state index in [1.54, 1.807) is 30.3 Å². The standard InChI is InChI=1S/C21H21N3O6S2/c1-13-4-7-15(8-5-13)32(27,28)18-11-22-21(24-20(18)26)31-12-19(25)23-14-6-9-16(29-2)17(10-14)30-3/h4-11H,12H2,1-3H3,(H,23,25)(H,22,24,26). The van der Waals surface area contributed by atoms with Gasteiger partial charge in [-0.25, -0.2) is 13.4 Å². The molecule has 168 valence electrons. The number of H-pyrrole nitrogens is 1. The molecule has 0 bridgehead atoms. The van der Waals surface area contributed by atoms with Gasteiger partial charge >= 0.3 is 0 Å². The molecule has 32 heavy (non-hydrogen) atoms. The van der Waals surface area contributed by atoms with Crippen molar-refractivity contribution >= 4 is 33.2 Å². The molecule has 0 fully saturated rings. The zero-order valence-electron chi connectivity index (χ0n) is 17.5. The number of nitrogens with zero attached hydrogens (tertiary/aromatic N) is 1. The fourth-order valence-corrected chi connectivity index (χ4v) is 4.59. The molecular weight excluding hydrogens is 454 g/mol. The van der Waals surface area contributed by atoms with Crippen molar-refractivity contribution in [3.8, 4) is 11.5 Å². The van der Waals surface area contributed by atoms with Crippen molar-refractivity contribution in [3.05, 3.63) is 64.6 Å². The highest BCUT2D eigenvalue weighted by molar-refractivity contribution is 7.99. The van der Waals surface area contributed by atoms with Crippen molar-refractivity contribution in [1.29, 1.82) is 0 Å². The van der Waals surface area contributed by atoms with E-state index in [0.717, 1.165) is 23.5 Å². The Kier molecular flexibility index (Phi) is 7.21. The van der Waals surface area contributed by atoms with E-state index in [-0.39, 0.29) is 21.7 Å². The van der Waals surface area contributed by atoms with Gasteiger partial charge in [-0.1, -0.05) is 29.5 Å². The molecule has 0 unspecified atom stereocenters. The first-order chi connectivity index (χ1) is 15.2. The number of thioether (sulfide) groups is 1. The molecule has 0 atom stereocenters. The molecule has 0 saturated carbocycles. The highest BCUT2D eigenvalue weighted by Gasteiger charge is 2.22. The molecule has 0 spiro atoms. The molecule has 0 aliphatic heterocycles. The van der Waals surface area contributed by atoms with Gasteiger partial charge < -0.3 is 19.8 Å². The van der Waals surface area contributed by atoms with Crippen LogP contribution in [0.3, 0.4) is 0 Å². The number of amides is 1. The van der Waals surface area contributed by atoms with Crippen LogP contribution in [-0.2, 0) is 14.6 Å². The smallest absolute Gasteiger partial charge is 0.270 e. The van der Waals surface area contributed by atoms with Crippen LogP contribution >= 0.6 is 11.8 Å². The maximum Gasteiger partial charge on any atom is 0.270 e. The SMILES string of the molecule is COc1ccc(NC(=O)CSc2ncc(S(=O)(=O)c3ccc(C)cc3)c(=O)[nH]2)cc1OC. The summed E-state index contributed by atoms with van der Waals surface area (Å²) in [5.74, 6) is 0.597. The molecule has 1 amide bonds. The summed E-state index contributed by atoms with van der Waals surface area (Å²) in [6, 6.07) is 11.1. The second kappa shape index (κ2) is 9.88. The van der Waals surface area contributed by atoms with Crippen molar-refractivity contribution in [3.63, 3.8) is 0 Å². The molecule has 11 heteroatoms. The lowest BCUT2D eigenvalue weighted by atomic mass is 10.2. The average Bonchev–Trinajstić information content (AvgIpc) is 2.77. The van der Waals surface area contributed by atoms with Crippen molar-refractivity contribution in [2.24, 2.45) is 0 Å². The molecular formula is C21H21N3O6S2. The summed E-state index contributed by atoms with van der Waals surface area (Å²) < 4.78 is 35.7. The molecule has 3 rings (SSSR count). The number of anilines is 1. The van der Waals surface area contributed by atoms with E-state index in [0.29, 0.717) is 17.2 Å². The minimum atomic E-state index is -4.00. The van der Waals surface area contributed by atoms with Crippen LogP contribution < -0.4 is 20.3 Å². The number of benzene rings is 2. The summed E-state index contributed by atoms with van der Waals surface area (Å²) in [7, 11) is -1.00. The van der Waals surface area contributed by atoms with E-state index < -0.39 is 20.3 Å². The highest BCUT2D eigenvalue weighted by Crippen LogP contribution is 2.29. The third-order valence-corrected chi connectivity index (χ3v) is 7.02. The molecule has 0 aliphatic carbocycles. The monoisotopic (exact) mass is 475 g/mol. The third kappa shape index (κ3) is 5.29. The predicted molar refractivity (Wildman–Crippen MR) is 120 cm³/mol. The van der Waals surface area contributed by atoms with Gasteiger partial charge in [0.2, 0.25) is 15.7 Å². The predicted octanol–water partition coefficient (Wildman–Crippen LogP) is 2.66. The second-order valence-corrected chi connectivity index (χ2v) is 9.49. The summed E-state index contributed by atoms with van der Waals surface area (Å²) >= 11 is 0.967. The Morgan fingerprint density at radius 1 is 1.09 bits per heavy atom. The Bertz CT molecular complexity index is 1290. The third-order valence-electron chi connectivity index (χ3n) is 4.37. The van der Waals surface area contributed by atoms with E-state index in [1.807, 2.05) is 6.92 Å². The van der Waals surface area contributed by atoms with Crippen LogP contribution in [0, 0.1) is 6.92 Å². The number of ether oxygens (including phenoxy) is 2. The minimum absolute atomic E-state index is 0.00472. The molecule has 9 nitrogen and oxygen atoms in total. The Labute approximate surface area is 189 Å². The van der Waals surface area contributed by atoms with Gasteiger partial charge in [-0.2, -0.15) is 0 Å². The van der Waals surface area contributed by atoms with Crippen molar-refractivity contribution in [2.45, 2.75) is 21.9 Å². The van der Waals surface area contributed by atoms with Crippen molar-refractivity contribution < 1.29 is 22.7 Å². The summed E-state index contributed by atoms with van der Waals surface area (Å²) in [6.45, 7) is 1.83. The number of carbonyl (C=O) groups excluding carboxylic acids is 1. The first-order valence-electron chi connectivity index (χ1n) is 9.30. The van der Waals surface area contributed by atoms with E-state index in [2.05, 4.69) is 15.3 Å². The Hall–Kier alpha value is -3.31. The molecule has 2 N–H and O–H groups in total. The van der Waals surface area contributed by atoms with Gasteiger partial charge in [0, 0.05) is 11.8 Å². The highest BCUT2D eigenvalue weighted by atomic mass is 32.2. The van der Waals surface area contributed by atoms with Gasteiger partial charge in [0.15, 0.2) is 21.6 Å². The van der Waals surface area contributed by atoms with Crippen LogP contribution in [-0.4, -0.2) is 44.3 Å². The first kappa shape index (κ1) is 23.4. The first-order valence-corrected chi connectivity index (χ1v) is 11.8. The van der Waals surface area contributed by atoms with Gasteiger partial charge in [0.1, 0.15) is 0 Å². The van der Waals surface area contributed by atoms with E-state index in [4.69, 9.17) is 9.47 Å². The number of carbonyl (C=O) groups is 1. The summed E-state index contributed by atoms with van der Waals surface area (Å²) in [6.07, 6.45) is 1.00. The van der Waals surface area contributed by atoms with Crippen molar-refractivity contribution in [2.75, 3.05) is 25.3 Å². The number of sulfone groups is 1. The minimum Gasteiger partial charge on any atom is -0.493 e. The Balaban J connectivity index is 1.68. The van der Waals surface area contributed by atoms with Gasteiger partial charge in [-0.15, -0.1) is 0 Å². The zero-order valence-corrected chi connectivity index (χ0v) is 19.2. The maximum atomic E-state index is 12.7. The molecule has 1 aromatic heterocycles. The van der Waals surface area contributed by atoms with Crippen LogP contribution in [0.4, 0.5) is 5.69 Å². The van der Waals surface area contributed by atoms with Crippen LogP contribution in [0.15, 0.2) is 68.4 Å². The van der Waals surface area contributed by atoms with E-state index in [1.165, 1.54) is 26.4 Å². The molecule has 0 saturated heterocycles. The lowest BCUT2D eigenvalue weighted by Gasteiger charge is -2.10. The molecule has 1 heterocycles. The van der Waals surface area contributed by atoms with Crippen LogP contribution in [0.2, 0.25) is 0 Å². The number of hydrogen-bond acceptors (Lipinski definition) is 8. The largest absolute Gasteiger partial charge is 0.493 e. The Morgan fingerprint density at radius 3 is 2.41 bits per heavy atom. The summed E-state index contributed by atoms with van der Waals surface area (Å²) in [5.41, 5.74) is 0.603. The lowest BCUT2D eigenvalue weighted by molar-refractivity contribution is -0.113. The van der Waals surface area contributed by atoms with Crippen molar-refractivity contribution in [1.82, 2.24) is 9.97 Å². The quantitative estimate of drug-likeness (QED) is 0.376. The normalized spacial score (nSPS) is 11.1. The number of nitrogens with one attached hydrogen (secondary N) is 2. The van der Waals surface area contributed by atoms with E-state index in [9.17, 15) is 18.0 Å². The number of hydrogen-bond donors (Lipinski definition) is 2. The number of aromatic amines is 1. The van der Waals surface area contributed by atoms with Crippen LogP contribution in [0.5, 0.6) is 11.5 Å². The maximum absolute atomic E-state index is 12.7. The van der Waals surface area contributed by atoms with E-state index >= 15 is 0 Å². The summed E-state index contributed by atoms with van der Waals surface area (Å²) in [4.78, 5) is 30.6. The number of aromatic nitrogens is 2. The van der Waals surface area contributed by atoms with Crippen LogP contribution in [0.1, 0.15) is 5.56 Å². The molecule has 0 aliphatic rings. The summed E-state index contributed by atoms with van der Waals surface area (Å²) in [5, 5.41) is 2.83. The van der Waals surface area contributed by atoms with Gasteiger partial charge in [-0.05, 0) is 31.2 Å². The fraction of sp³-hybridized carbons (Fsp3) is 0.190. The van der Waals surface area contributed by atoms with Gasteiger partial charge in [0.05, 0.1) is 31.1 Å². The Morgan fingerprint density at radius 2 is 1.78 bits per heavy atom. The molecule has 3 aromatic rings. The molecule has 2 aromatic carbocycles. The number of methoxy groups -OCH3 is 2. The topological polar surface area (TPSA) is 127 Å². The lowest BCUT2D eigenvalue weighted by Crippen LogP contribution is -2.20. The zero-order chi connectivity index (χ0) is 23.3. The van der Waals surface area contributed by atoms with Gasteiger partial charge in [0.25, 0.3) is 5.56 Å². The second-order valence-electron chi connectivity index (χ2n) is 6.60. The average molecular weight is 476 g/mol. The number of rotatable bonds is 8. The van der Waals surface area contributed by atoms with Gasteiger partial charge in [-0.3, -0.25) is 9.59 Å². The fourth-order valence-electron chi connectivity index (χ4n) is 2.72. The van der Waals surface area contributed by atoms with Crippen LogP contribution in [0.25, 0.3) is 0 Å².